The molecule has 0 saturated carbocycles. The molecule has 0 rings (SSSR count). The molecule has 0 heterocycles. The van der Waals surface area contributed by atoms with E-state index in [1.165, 1.54) is 44.3 Å². The monoisotopic (exact) mass is 350 g/mol. The Labute approximate surface area is 144 Å². The quantitative estimate of drug-likeness (QED) is 0.198. The first kappa shape index (κ1) is 22.4. The minimum atomic E-state index is -2.47. The van der Waals surface area contributed by atoms with Crippen LogP contribution in [-0.2, 0) is 13.3 Å². The van der Waals surface area contributed by atoms with Crippen molar-refractivity contribution in [2.45, 2.75) is 91.0 Å². The van der Waals surface area contributed by atoms with Gasteiger partial charge < -0.3 is 13.3 Å². The second-order valence-electron chi connectivity index (χ2n) is 5.62. The third-order valence-corrected chi connectivity index (χ3v) is 8.02. The molecular formula is C17H38O3SSi. The zero-order valence-corrected chi connectivity index (χ0v) is 17.3. The second kappa shape index (κ2) is 15.0. The van der Waals surface area contributed by atoms with Gasteiger partial charge in [0.05, 0.1) is 5.44 Å². The number of unbranched alkanes of at least 4 members (excludes halogenated alkanes) is 5. The molecule has 3 nitrogen and oxygen atoms in total. The lowest BCUT2D eigenvalue weighted by Gasteiger charge is -2.31. The fourth-order valence-electron chi connectivity index (χ4n) is 2.48. The molecule has 0 fully saturated rings. The Balaban J connectivity index is 4.02. The molecule has 0 bridgehead atoms. The summed E-state index contributed by atoms with van der Waals surface area (Å²) < 4.78 is 18.1. The minimum absolute atomic E-state index is 0.159. The highest BCUT2D eigenvalue weighted by Gasteiger charge is 2.41. The van der Waals surface area contributed by atoms with Gasteiger partial charge in [-0.2, -0.15) is 0 Å². The molecule has 0 aliphatic heterocycles. The summed E-state index contributed by atoms with van der Waals surface area (Å²) in [6, 6.07) is 0.913. The summed E-state index contributed by atoms with van der Waals surface area (Å²) in [7, 11) is -2.47. The molecule has 0 spiro atoms. The summed E-state index contributed by atoms with van der Waals surface area (Å²) in [5.41, 5.74) is 0.159. The van der Waals surface area contributed by atoms with E-state index in [9.17, 15) is 0 Å². The van der Waals surface area contributed by atoms with Crippen LogP contribution in [0.15, 0.2) is 0 Å². The van der Waals surface area contributed by atoms with E-state index in [4.69, 9.17) is 13.3 Å². The van der Waals surface area contributed by atoms with E-state index < -0.39 is 8.80 Å². The van der Waals surface area contributed by atoms with Crippen molar-refractivity contribution < 1.29 is 13.3 Å². The van der Waals surface area contributed by atoms with Crippen LogP contribution < -0.4 is 0 Å². The van der Waals surface area contributed by atoms with Gasteiger partial charge in [0.25, 0.3) is 0 Å². The van der Waals surface area contributed by atoms with Crippen LogP contribution >= 0.6 is 11.8 Å². The van der Waals surface area contributed by atoms with Crippen molar-refractivity contribution in [1.82, 2.24) is 0 Å². The Morgan fingerprint density at radius 3 is 1.95 bits per heavy atom. The molecule has 1 atom stereocenters. The molecule has 134 valence electrons. The minimum Gasteiger partial charge on any atom is -0.374 e. The molecule has 0 radical (unpaired) electrons. The maximum absolute atomic E-state index is 6.26. The van der Waals surface area contributed by atoms with Crippen LogP contribution in [0.2, 0.25) is 6.04 Å². The number of rotatable bonds is 16. The van der Waals surface area contributed by atoms with Crippen LogP contribution in [-0.4, -0.2) is 33.2 Å². The van der Waals surface area contributed by atoms with E-state index in [2.05, 4.69) is 20.8 Å². The molecule has 0 aliphatic carbocycles. The molecule has 0 aromatic rings. The fourth-order valence-corrected chi connectivity index (χ4v) is 6.52. The van der Waals surface area contributed by atoms with Crippen molar-refractivity contribution in [1.29, 1.82) is 0 Å². The largest absolute Gasteiger partial charge is 0.501 e. The molecule has 0 amide bonds. The molecule has 0 aromatic carbocycles. The van der Waals surface area contributed by atoms with Crippen molar-refractivity contribution in [2.75, 3.05) is 19.0 Å². The first-order valence-electron chi connectivity index (χ1n) is 9.21. The summed E-state index contributed by atoms with van der Waals surface area (Å²) in [5, 5.41) is 0. The summed E-state index contributed by atoms with van der Waals surface area (Å²) >= 11 is 1.90. The van der Waals surface area contributed by atoms with Gasteiger partial charge in [-0.3, -0.25) is 0 Å². The SMILES string of the molecule is CCCCCCCCSC(C)O[Si](CCC)(OCC)OCC. The van der Waals surface area contributed by atoms with Gasteiger partial charge in [0, 0.05) is 19.3 Å². The summed E-state index contributed by atoms with van der Waals surface area (Å²) in [6.45, 7) is 11.9. The molecule has 0 saturated heterocycles. The topological polar surface area (TPSA) is 27.7 Å². The van der Waals surface area contributed by atoms with Gasteiger partial charge >= 0.3 is 8.80 Å². The Hall–Kier alpha value is 0.447. The van der Waals surface area contributed by atoms with E-state index in [1.54, 1.807) is 0 Å². The van der Waals surface area contributed by atoms with Crippen molar-refractivity contribution in [3.8, 4) is 0 Å². The van der Waals surface area contributed by atoms with Gasteiger partial charge in [-0.05, 0) is 32.9 Å². The van der Waals surface area contributed by atoms with Crippen LogP contribution in [0.1, 0.15) is 79.6 Å². The lowest BCUT2D eigenvalue weighted by atomic mass is 10.1. The van der Waals surface area contributed by atoms with E-state index in [-0.39, 0.29) is 5.44 Å². The first-order valence-corrected chi connectivity index (χ1v) is 12.2. The zero-order chi connectivity index (χ0) is 16.7. The smallest absolute Gasteiger partial charge is 0.374 e. The van der Waals surface area contributed by atoms with Gasteiger partial charge in [0.1, 0.15) is 0 Å². The Morgan fingerprint density at radius 2 is 1.41 bits per heavy atom. The Kier molecular flexibility index (Phi) is 15.3. The van der Waals surface area contributed by atoms with Crippen molar-refractivity contribution in [2.24, 2.45) is 0 Å². The number of hydrogen-bond donors (Lipinski definition) is 0. The normalized spacial score (nSPS) is 13.5. The molecule has 0 aromatic heterocycles. The Morgan fingerprint density at radius 1 is 0.818 bits per heavy atom. The summed E-state index contributed by atoms with van der Waals surface area (Å²) in [4.78, 5) is 0. The predicted octanol–water partition coefficient (Wildman–Crippen LogP) is 5.86. The molecule has 22 heavy (non-hydrogen) atoms. The van der Waals surface area contributed by atoms with Gasteiger partial charge in [-0.15, -0.1) is 11.8 Å². The maximum Gasteiger partial charge on any atom is 0.501 e. The van der Waals surface area contributed by atoms with E-state index in [0.717, 1.165) is 12.5 Å². The highest BCUT2D eigenvalue weighted by molar-refractivity contribution is 7.99. The molecule has 5 heteroatoms. The molecular weight excluding hydrogens is 312 g/mol. The zero-order valence-electron chi connectivity index (χ0n) is 15.5. The highest BCUT2D eigenvalue weighted by Crippen LogP contribution is 2.25. The van der Waals surface area contributed by atoms with Crippen LogP contribution in [0, 0.1) is 0 Å². The van der Waals surface area contributed by atoms with Crippen LogP contribution in [0.4, 0.5) is 0 Å². The summed E-state index contributed by atoms with van der Waals surface area (Å²) in [5.74, 6) is 1.17. The number of thioether (sulfide) groups is 1. The lowest BCUT2D eigenvalue weighted by Crippen LogP contribution is -2.47. The maximum atomic E-state index is 6.26. The first-order chi connectivity index (χ1) is 10.6. The van der Waals surface area contributed by atoms with Crippen molar-refractivity contribution in [3.05, 3.63) is 0 Å². The third kappa shape index (κ3) is 11.1. The average molecular weight is 351 g/mol. The highest BCUT2D eigenvalue weighted by atomic mass is 32.2. The lowest BCUT2D eigenvalue weighted by molar-refractivity contribution is 0.0626. The standard InChI is InChI=1S/C17H38O3SSi/c1-6-10-11-12-13-14-15-21-17(5)20-22(16-7-2,18-8-3)19-9-4/h17H,6-16H2,1-5H3. The molecule has 0 aliphatic rings. The van der Waals surface area contributed by atoms with Gasteiger partial charge in [-0.1, -0.05) is 52.4 Å². The van der Waals surface area contributed by atoms with Gasteiger partial charge in [0.15, 0.2) is 0 Å². The van der Waals surface area contributed by atoms with Crippen LogP contribution in [0.3, 0.4) is 0 Å². The molecule has 1 unspecified atom stereocenters. The molecule has 0 N–H and O–H groups in total. The number of hydrogen-bond acceptors (Lipinski definition) is 4. The second-order valence-corrected chi connectivity index (χ2v) is 9.71. The van der Waals surface area contributed by atoms with Crippen molar-refractivity contribution in [3.63, 3.8) is 0 Å². The fraction of sp³-hybridized carbons (Fsp3) is 1.00. The van der Waals surface area contributed by atoms with E-state index >= 15 is 0 Å². The van der Waals surface area contributed by atoms with Crippen molar-refractivity contribution >= 4 is 20.6 Å². The average Bonchev–Trinajstić information content (AvgIpc) is 2.47. The van der Waals surface area contributed by atoms with Gasteiger partial charge in [0.2, 0.25) is 0 Å². The predicted molar refractivity (Wildman–Crippen MR) is 100 cm³/mol. The third-order valence-electron chi connectivity index (χ3n) is 3.48. The van der Waals surface area contributed by atoms with E-state index in [0.29, 0.717) is 13.2 Å². The van der Waals surface area contributed by atoms with Gasteiger partial charge in [-0.25, -0.2) is 0 Å². The van der Waals surface area contributed by atoms with Crippen LogP contribution in [0.25, 0.3) is 0 Å². The van der Waals surface area contributed by atoms with Crippen LogP contribution in [0.5, 0.6) is 0 Å². The van der Waals surface area contributed by atoms with E-state index in [1.807, 2.05) is 25.6 Å². The summed E-state index contributed by atoms with van der Waals surface area (Å²) in [6.07, 6.45) is 9.12. The Bertz CT molecular complexity index is 225.